The summed E-state index contributed by atoms with van der Waals surface area (Å²) in [7, 11) is 1.80. The van der Waals surface area contributed by atoms with Gasteiger partial charge in [0.2, 0.25) is 0 Å². The Morgan fingerprint density at radius 1 is 1.44 bits per heavy atom. The van der Waals surface area contributed by atoms with E-state index in [0.717, 1.165) is 12.8 Å². The summed E-state index contributed by atoms with van der Waals surface area (Å²) in [5.41, 5.74) is 6.54. The number of aromatic nitrogens is 2. The van der Waals surface area contributed by atoms with Crippen LogP contribution < -0.4 is 5.73 Å². The molecule has 0 saturated heterocycles. The summed E-state index contributed by atoms with van der Waals surface area (Å²) in [5.74, 6) is 0.654. The van der Waals surface area contributed by atoms with E-state index in [1.807, 2.05) is 0 Å². The van der Waals surface area contributed by atoms with Crippen LogP contribution in [0.15, 0.2) is 12.3 Å². The average molecular weight is 251 g/mol. The van der Waals surface area contributed by atoms with Gasteiger partial charge in [-0.3, -0.25) is 9.48 Å². The van der Waals surface area contributed by atoms with Crippen LogP contribution in [0.4, 0.5) is 0 Å². The van der Waals surface area contributed by atoms with Crippen molar-refractivity contribution in [2.24, 2.45) is 24.1 Å². The summed E-state index contributed by atoms with van der Waals surface area (Å²) in [6.45, 7) is 7.31. The number of aryl methyl sites for hydroxylation is 1. The molecule has 0 radical (unpaired) electrons. The summed E-state index contributed by atoms with van der Waals surface area (Å²) in [6, 6.07) is 1.78. The van der Waals surface area contributed by atoms with Crippen LogP contribution in [-0.4, -0.2) is 22.1 Å². The largest absolute Gasteiger partial charge is 0.330 e. The quantitative estimate of drug-likeness (QED) is 0.790. The first kappa shape index (κ1) is 14.9. The number of carbonyl (C=O) groups is 1. The van der Waals surface area contributed by atoms with Crippen molar-refractivity contribution in [2.75, 3.05) is 6.54 Å². The van der Waals surface area contributed by atoms with Gasteiger partial charge in [0.15, 0.2) is 5.78 Å². The molecule has 0 spiro atoms. The van der Waals surface area contributed by atoms with E-state index in [-0.39, 0.29) is 11.2 Å². The molecule has 0 amide bonds. The Morgan fingerprint density at radius 3 is 2.56 bits per heavy atom. The van der Waals surface area contributed by atoms with Crippen molar-refractivity contribution in [3.05, 3.63) is 18.0 Å². The molecule has 1 atom stereocenters. The van der Waals surface area contributed by atoms with E-state index >= 15 is 0 Å². The zero-order chi connectivity index (χ0) is 13.8. The first-order valence-electron chi connectivity index (χ1n) is 6.57. The van der Waals surface area contributed by atoms with E-state index in [4.69, 9.17) is 5.73 Å². The van der Waals surface area contributed by atoms with Crippen LogP contribution in [0.25, 0.3) is 0 Å². The van der Waals surface area contributed by atoms with Crippen LogP contribution in [0.1, 0.15) is 50.5 Å². The average Bonchev–Trinajstić information content (AvgIpc) is 2.68. The fourth-order valence-electron chi connectivity index (χ4n) is 2.29. The molecule has 0 aliphatic carbocycles. The van der Waals surface area contributed by atoms with E-state index < -0.39 is 0 Å². The maximum absolute atomic E-state index is 12.1. The molecule has 0 bridgehead atoms. The topological polar surface area (TPSA) is 60.9 Å². The zero-order valence-corrected chi connectivity index (χ0v) is 11.9. The summed E-state index contributed by atoms with van der Waals surface area (Å²) < 4.78 is 1.64. The molecule has 1 heterocycles. The number of hydrogen-bond acceptors (Lipinski definition) is 3. The maximum atomic E-state index is 12.1. The van der Waals surface area contributed by atoms with Crippen molar-refractivity contribution in [1.29, 1.82) is 0 Å². The first-order valence-corrected chi connectivity index (χ1v) is 6.57. The highest BCUT2D eigenvalue weighted by Crippen LogP contribution is 2.32. The van der Waals surface area contributed by atoms with Crippen molar-refractivity contribution < 1.29 is 4.79 Å². The van der Waals surface area contributed by atoms with Gasteiger partial charge in [-0.25, -0.2) is 0 Å². The van der Waals surface area contributed by atoms with Gasteiger partial charge in [-0.05, 0) is 36.8 Å². The first-order chi connectivity index (χ1) is 8.36. The van der Waals surface area contributed by atoms with Gasteiger partial charge in [-0.2, -0.15) is 5.10 Å². The number of nitrogens with zero attached hydrogens (tertiary/aromatic N) is 2. The zero-order valence-electron chi connectivity index (χ0n) is 11.9. The Labute approximate surface area is 110 Å². The lowest BCUT2D eigenvalue weighted by atomic mass is 9.76. The normalized spacial score (nSPS) is 13.6. The second-order valence-electron chi connectivity index (χ2n) is 5.94. The molecular weight excluding hydrogens is 226 g/mol. The van der Waals surface area contributed by atoms with Gasteiger partial charge in [-0.1, -0.05) is 20.8 Å². The Hall–Kier alpha value is -1.16. The Bertz CT molecular complexity index is 390. The number of nitrogens with two attached hydrogens (primary N) is 1. The van der Waals surface area contributed by atoms with Crippen LogP contribution in [0.3, 0.4) is 0 Å². The maximum Gasteiger partial charge on any atom is 0.180 e. The molecule has 0 aromatic carbocycles. The third-order valence-electron chi connectivity index (χ3n) is 3.57. The predicted octanol–water partition coefficient (Wildman–Crippen LogP) is 2.39. The van der Waals surface area contributed by atoms with Gasteiger partial charge in [0.25, 0.3) is 0 Å². The van der Waals surface area contributed by atoms with Crippen molar-refractivity contribution in [3.8, 4) is 0 Å². The third kappa shape index (κ3) is 3.95. The highest BCUT2D eigenvalue weighted by molar-refractivity contribution is 5.94. The molecule has 1 unspecified atom stereocenters. The smallest absolute Gasteiger partial charge is 0.180 e. The van der Waals surface area contributed by atoms with Gasteiger partial charge in [-0.15, -0.1) is 0 Å². The molecule has 4 heteroatoms. The van der Waals surface area contributed by atoms with Crippen LogP contribution in [0, 0.1) is 11.3 Å². The van der Waals surface area contributed by atoms with Gasteiger partial charge in [0, 0.05) is 19.7 Å². The van der Waals surface area contributed by atoms with E-state index in [0.29, 0.717) is 24.6 Å². The van der Waals surface area contributed by atoms with E-state index in [2.05, 4.69) is 25.9 Å². The molecule has 1 aromatic rings. The second-order valence-corrected chi connectivity index (χ2v) is 5.94. The lowest BCUT2D eigenvalue weighted by molar-refractivity contribution is 0.0948. The SMILES string of the molecule is Cn1nccc1C(=O)CCC(CCN)C(C)(C)C. The Balaban J connectivity index is 2.58. The molecule has 18 heavy (non-hydrogen) atoms. The van der Waals surface area contributed by atoms with Crippen LogP contribution in [0.5, 0.6) is 0 Å². The number of ketones is 1. The van der Waals surface area contributed by atoms with Crippen LogP contribution in [-0.2, 0) is 7.05 Å². The minimum absolute atomic E-state index is 0.168. The second kappa shape index (κ2) is 6.14. The van der Waals surface area contributed by atoms with Gasteiger partial charge >= 0.3 is 0 Å². The monoisotopic (exact) mass is 251 g/mol. The number of carbonyl (C=O) groups excluding carboxylic acids is 1. The van der Waals surface area contributed by atoms with Crippen LogP contribution >= 0.6 is 0 Å². The molecule has 0 saturated carbocycles. The molecule has 0 aliphatic heterocycles. The molecular formula is C14H25N3O. The summed E-state index contributed by atoms with van der Waals surface area (Å²) in [4.78, 5) is 12.1. The summed E-state index contributed by atoms with van der Waals surface area (Å²) in [5, 5.41) is 4.03. The lowest BCUT2D eigenvalue weighted by Gasteiger charge is -2.30. The molecule has 4 nitrogen and oxygen atoms in total. The molecule has 0 aliphatic rings. The number of Topliss-reactive ketones (excluding diaryl/α,β-unsaturated/α-hetero) is 1. The summed E-state index contributed by atoms with van der Waals surface area (Å²) in [6.07, 6.45) is 4.10. The van der Waals surface area contributed by atoms with Crippen molar-refractivity contribution in [1.82, 2.24) is 9.78 Å². The van der Waals surface area contributed by atoms with Crippen molar-refractivity contribution in [3.63, 3.8) is 0 Å². The Morgan fingerprint density at radius 2 is 2.11 bits per heavy atom. The molecule has 1 aromatic heterocycles. The van der Waals surface area contributed by atoms with Crippen molar-refractivity contribution >= 4 is 5.78 Å². The van der Waals surface area contributed by atoms with Crippen LogP contribution in [0.2, 0.25) is 0 Å². The number of hydrogen-bond donors (Lipinski definition) is 1. The van der Waals surface area contributed by atoms with Crippen molar-refractivity contribution in [2.45, 2.75) is 40.0 Å². The minimum atomic E-state index is 0.168. The fourth-order valence-corrected chi connectivity index (χ4v) is 2.29. The van der Waals surface area contributed by atoms with Gasteiger partial charge in [0.1, 0.15) is 5.69 Å². The fraction of sp³-hybridized carbons (Fsp3) is 0.714. The standard InChI is InChI=1S/C14H25N3O/c1-14(2,3)11(7-9-15)5-6-13(18)12-8-10-16-17(12)4/h8,10-11H,5-7,9,15H2,1-4H3. The third-order valence-corrected chi connectivity index (χ3v) is 3.57. The lowest BCUT2D eigenvalue weighted by Crippen LogP contribution is -2.24. The number of rotatable bonds is 6. The van der Waals surface area contributed by atoms with E-state index in [1.54, 1.807) is 24.0 Å². The minimum Gasteiger partial charge on any atom is -0.330 e. The van der Waals surface area contributed by atoms with E-state index in [9.17, 15) is 4.79 Å². The highest BCUT2D eigenvalue weighted by Gasteiger charge is 2.24. The van der Waals surface area contributed by atoms with Gasteiger partial charge in [0.05, 0.1) is 0 Å². The molecule has 1 rings (SSSR count). The predicted molar refractivity (Wildman–Crippen MR) is 73.4 cm³/mol. The Kier molecular flexibility index (Phi) is 5.08. The van der Waals surface area contributed by atoms with Gasteiger partial charge < -0.3 is 5.73 Å². The summed E-state index contributed by atoms with van der Waals surface area (Å²) >= 11 is 0. The highest BCUT2D eigenvalue weighted by atomic mass is 16.1. The molecule has 2 N–H and O–H groups in total. The van der Waals surface area contributed by atoms with E-state index in [1.165, 1.54) is 0 Å². The molecule has 0 fully saturated rings. The molecule has 102 valence electrons.